The minimum Gasteiger partial charge on any atom is -0.394 e. The highest BCUT2D eigenvalue weighted by molar-refractivity contribution is 5.80. The van der Waals surface area contributed by atoms with Gasteiger partial charge in [0.25, 0.3) is 0 Å². The molecule has 0 saturated carbocycles. The second-order valence-corrected chi connectivity index (χ2v) is 21.1. The predicted molar refractivity (Wildman–Crippen MR) is 280 cm³/mol. The van der Waals surface area contributed by atoms with Crippen LogP contribution >= 0.6 is 0 Å². The van der Waals surface area contributed by atoms with Crippen LogP contribution in [0.1, 0.15) is 290 Å². The van der Waals surface area contributed by atoms with Gasteiger partial charge in [-0.2, -0.15) is 0 Å². The molecule has 0 bridgehead atoms. The molecule has 1 aliphatic heterocycles. The van der Waals surface area contributed by atoms with Crippen molar-refractivity contribution in [2.24, 2.45) is 0 Å². The van der Waals surface area contributed by atoms with Crippen molar-refractivity contribution in [2.45, 2.75) is 345 Å². The molecule has 1 amide bonds. The summed E-state index contributed by atoms with van der Waals surface area (Å²) in [6.45, 7) is 3.48. The van der Waals surface area contributed by atoms with Gasteiger partial charge in [0.05, 0.1) is 25.4 Å². The lowest BCUT2D eigenvalue weighted by Crippen LogP contribution is -2.60. The second-order valence-electron chi connectivity index (χ2n) is 21.1. The third-order valence-corrected chi connectivity index (χ3v) is 14.7. The summed E-state index contributed by atoms with van der Waals surface area (Å²) in [5.74, 6) is -0.692. The Morgan fingerprint density at radius 3 is 1.09 bits per heavy atom. The van der Waals surface area contributed by atoms with E-state index in [1.54, 1.807) is 0 Å². The molecule has 406 valence electrons. The number of hydrogen-bond donors (Lipinski definition) is 8. The Morgan fingerprint density at radius 2 is 0.765 bits per heavy atom. The van der Waals surface area contributed by atoms with Gasteiger partial charge in [0, 0.05) is 0 Å². The zero-order valence-electron chi connectivity index (χ0n) is 44.4. The van der Waals surface area contributed by atoms with Crippen LogP contribution in [-0.2, 0) is 14.3 Å². The molecule has 1 fully saturated rings. The van der Waals surface area contributed by atoms with E-state index in [-0.39, 0.29) is 6.42 Å². The standard InChI is InChI=1S/C57H113NO10/c1-3-5-7-9-11-13-15-17-18-19-20-21-22-23-24-25-26-27-28-29-30-31-33-34-36-38-40-42-44-49(60)52(62)48(47-67-57-55(65)54(64)53(63)51(46-59)68-57)58-56(66)50(61)45-43-41-39-37-35-32-16-14-12-10-8-6-4-2/h48-55,57,59-65H,3-47H2,1-2H3,(H,58,66). The molecular formula is C57H113NO10. The molecule has 11 heteroatoms. The van der Waals surface area contributed by atoms with Crippen molar-refractivity contribution in [3.8, 4) is 0 Å². The molecule has 0 aliphatic carbocycles. The first kappa shape index (κ1) is 65.1. The average Bonchev–Trinajstić information content (AvgIpc) is 3.34. The largest absolute Gasteiger partial charge is 0.394 e. The van der Waals surface area contributed by atoms with Crippen molar-refractivity contribution in [2.75, 3.05) is 13.2 Å². The summed E-state index contributed by atoms with van der Waals surface area (Å²) in [5, 5.41) is 76.1. The van der Waals surface area contributed by atoms with E-state index in [0.717, 1.165) is 38.5 Å². The third-order valence-electron chi connectivity index (χ3n) is 14.7. The highest BCUT2D eigenvalue weighted by Crippen LogP contribution is 2.24. The Hall–Kier alpha value is -0.890. The summed E-state index contributed by atoms with van der Waals surface area (Å²) in [4.78, 5) is 13.1. The van der Waals surface area contributed by atoms with E-state index >= 15 is 0 Å². The van der Waals surface area contributed by atoms with Gasteiger partial charge in [0.1, 0.15) is 36.6 Å². The molecule has 8 N–H and O–H groups in total. The lowest BCUT2D eigenvalue weighted by molar-refractivity contribution is -0.303. The molecule has 1 aliphatic rings. The van der Waals surface area contributed by atoms with Crippen LogP contribution in [0.5, 0.6) is 0 Å². The lowest BCUT2D eigenvalue weighted by Gasteiger charge is -2.40. The molecule has 11 nitrogen and oxygen atoms in total. The SMILES string of the molecule is CCCCCCCCCCCCCCCCCCCCCCCCCCCCCCC(O)C(O)C(COC1OC(CO)C(O)C(O)C1O)NC(=O)C(O)CCCCCCCCCCCCCCC. The Labute approximate surface area is 418 Å². The number of ether oxygens (including phenoxy) is 2. The van der Waals surface area contributed by atoms with Crippen molar-refractivity contribution in [1.29, 1.82) is 0 Å². The molecule has 0 aromatic heterocycles. The number of amides is 1. The highest BCUT2D eigenvalue weighted by Gasteiger charge is 2.44. The van der Waals surface area contributed by atoms with Crippen molar-refractivity contribution in [1.82, 2.24) is 5.32 Å². The minimum absolute atomic E-state index is 0.266. The number of carbonyl (C=O) groups excluding carboxylic acids is 1. The Morgan fingerprint density at radius 1 is 0.456 bits per heavy atom. The number of aliphatic hydroxyl groups excluding tert-OH is 7. The molecule has 1 saturated heterocycles. The van der Waals surface area contributed by atoms with Crippen LogP contribution in [-0.4, -0.2) is 110 Å². The third kappa shape index (κ3) is 35.3. The first-order chi connectivity index (χ1) is 33.2. The number of hydrogen-bond acceptors (Lipinski definition) is 10. The first-order valence-electron chi connectivity index (χ1n) is 29.4. The monoisotopic (exact) mass is 972 g/mol. The van der Waals surface area contributed by atoms with Gasteiger partial charge >= 0.3 is 0 Å². The second kappa shape index (κ2) is 47.1. The topological polar surface area (TPSA) is 189 Å². The maximum Gasteiger partial charge on any atom is 0.249 e. The van der Waals surface area contributed by atoms with Gasteiger partial charge in [-0.15, -0.1) is 0 Å². The quantitative estimate of drug-likeness (QED) is 0.0272. The van der Waals surface area contributed by atoms with Crippen LogP contribution in [0.2, 0.25) is 0 Å². The summed E-state index contributed by atoms with van der Waals surface area (Å²) in [5.41, 5.74) is 0. The Kier molecular flexibility index (Phi) is 45.1. The molecule has 0 aromatic carbocycles. The Bertz CT molecular complexity index is 1070. The van der Waals surface area contributed by atoms with E-state index in [9.17, 15) is 40.5 Å². The maximum absolute atomic E-state index is 13.1. The van der Waals surface area contributed by atoms with E-state index in [1.807, 2.05) is 0 Å². The summed E-state index contributed by atoms with van der Waals surface area (Å²) < 4.78 is 11.1. The molecular weight excluding hydrogens is 859 g/mol. The van der Waals surface area contributed by atoms with E-state index in [1.165, 1.54) is 212 Å². The lowest BCUT2D eigenvalue weighted by atomic mass is 9.98. The van der Waals surface area contributed by atoms with Crippen LogP contribution in [0.3, 0.4) is 0 Å². The number of carbonyl (C=O) groups is 1. The van der Waals surface area contributed by atoms with Gasteiger partial charge in [-0.1, -0.05) is 277 Å². The van der Waals surface area contributed by atoms with Gasteiger partial charge in [-0.25, -0.2) is 0 Å². The molecule has 0 radical (unpaired) electrons. The number of rotatable bonds is 51. The zero-order chi connectivity index (χ0) is 49.7. The molecule has 1 heterocycles. The van der Waals surface area contributed by atoms with Crippen LogP contribution in [0.4, 0.5) is 0 Å². The van der Waals surface area contributed by atoms with E-state index in [4.69, 9.17) is 9.47 Å². The Balaban J connectivity index is 2.23. The fraction of sp³-hybridized carbons (Fsp3) is 0.982. The van der Waals surface area contributed by atoms with Gasteiger partial charge in [-0.05, 0) is 12.8 Å². The molecule has 0 aromatic rings. The average molecular weight is 973 g/mol. The number of aliphatic hydroxyl groups is 7. The fourth-order valence-corrected chi connectivity index (χ4v) is 9.86. The van der Waals surface area contributed by atoms with Crippen molar-refractivity contribution >= 4 is 5.91 Å². The molecule has 9 unspecified atom stereocenters. The van der Waals surface area contributed by atoms with Crippen LogP contribution < -0.4 is 5.32 Å². The van der Waals surface area contributed by atoms with Crippen LogP contribution in [0.15, 0.2) is 0 Å². The van der Waals surface area contributed by atoms with Crippen LogP contribution in [0, 0.1) is 0 Å². The molecule has 1 rings (SSSR count). The smallest absolute Gasteiger partial charge is 0.249 e. The molecule has 68 heavy (non-hydrogen) atoms. The van der Waals surface area contributed by atoms with Gasteiger partial charge < -0.3 is 50.5 Å². The van der Waals surface area contributed by atoms with Gasteiger partial charge in [-0.3, -0.25) is 4.79 Å². The summed E-state index contributed by atoms with van der Waals surface area (Å²) in [6.07, 6.45) is 41.7. The summed E-state index contributed by atoms with van der Waals surface area (Å²) in [7, 11) is 0. The van der Waals surface area contributed by atoms with Gasteiger partial charge in [0.2, 0.25) is 5.91 Å². The highest BCUT2D eigenvalue weighted by atomic mass is 16.7. The number of unbranched alkanes of at least 4 members (excludes halogenated alkanes) is 39. The molecule has 0 spiro atoms. The maximum atomic E-state index is 13.1. The minimum atomic E-state index is -1.66. The predicted octanol–water partition coefficient (Wildman–Crippen LogP) is 12.2. The fourth-order valence-electron chi connectivity index (χ4n) is 9.86. The van der Waals surface area contributed by atoms with Crippen molar-refractivity contribution < 1.29 is 50.0 Å². The normalized spacial score (nSPS) is 20.4. The first-order valence-corrected chi connectivity index (χ1v) is 29.4. The van der Waals surface area contributed by atoms with Gasteiger partial charge in [0.15, 0.2) is 6.29 Å². The van der Waals surface area contributed by atoms with Crippen molar-refractivity contribution in [3.63, 3.8) is 0 Å². The summed E-state index contributed by atoms with van der Waals surface area (Å²) >= 11 is 0. The van der Waals surface area contributed by atoms with Crippen molar-refractivity contribution in [3.05, 3.63) is 0 Å². The molecule has 9 atom stereocenters. The van der Waals surface area contributed by atoms with E-state index in [0.29, 0.717) is 19.3 Å². The van der Waals surface area contributed by atoms with E-state index < -0.39 is 74.2 Å². The van der Waals surface area contributed by atoms with Crippen LogP contribution in [0.25, 0.3) is 0 Å². The van der Waals surface area contributed by atoms with E-state index in [2.05, 4.69) is 19.2 Å². The number of nitrogens with one attached hydrogen (secondary N) is 1. The zero-order valence-corrected chi connectivity index (χ0v) is 44.4. The summed E-state index contributed by atoms with van der Waals surface area (Å²) in [6, 6.07) is -1.16.